The van der Waals surface area contributed by atoms with Crippen LogP contribution in [0.3, 0.4) is 0 Å². The second kappa shape index (κ2) is 5.25. The molecule has 1 atom stereocenters. The number of nitrogens with zero attached hydrogens (tertiary/aromatic N) is 4. The van der Waals surface area contributed by atoms with Crippen LogP contribution in [0, 0.1) is 13.8 Å². The molecule has 5 heteroatoms. The van der Waals surface area contributed by atoms with Gasteiger partial charge in [-0.2, -0.15) is 0 Å². The fraction of sp³-hybridized carbons (Fsp3) is 0.714. The number of anilines is 1. The molecule has 0 bridgehead atoms. The van der Waals surface area contributed by atoms with Gasteiger partial charge in [0.25, 0.3) is 0 Å². The van der Waals surface area contributed by atoms with Crippen LogP contribution in [-0.4, -0.2) is 47.3 Å². The summed E-state index contributed by atoms with van der Waals surface area (Å²) in [6.45, 7) is 8.66. The SMILES string of the molecule is Cc1c(Cl)nnc(N2CCN3CCCCC3C2)c1C. The van der Waals surface area contributed by atoms with E-state index in [0.29, 0.717) is 11.2 Å². The number of piperidine rings is 1. The van der Waals surface area contributed by atoms with Crippen molar-refractivity contribution in [2.24, 2.45) is 0 Å². The first-order chi connectivity index (χ1) is 9.16. The fourth-order valence-electron chi connectivity index (χ4n) is 3.21. The van der Waals surface area contributed by atoms with Crippen molar-refractivity contribution in [1.82, 2.24) is 15.1 Å². The fourth-order valence-corrected chi connectivity index (χ4v) is 3.39. The van der Waals surface area contributed by atoms with Crippen LogP contribution in [0.15, 0.2) is 0 Å². The van der Waals surface area contributed by atoms with Crippen LogP contribution in [-0.2, 0) is 0 Å². The molecular weight excluding hydrogens is 260 g/mol. The Morgan fingerprint density at radius 1 is 1.05 bits per heavy atom. The lowest BCUT2D eigenvalue weighted by molar-refractivity contribution is 0.133. The monoisotopic (exact) mass is 280 g/mol. The maximum Gasteiger partial charge on any atom is 0.155 e. The summed E-state index contributed by atoms with van der Waals surface area (Å²) in [4.78, 5) is 5.02. The van der Waals surface area contributed by atoms with E-state index in [1.54, 1.807) is 0 Å². The Balaban J connectivity index is 1.81. The van der Waals surface area contributed by atoms with Gasteiger partial charge in [-0.1, -0.05) is 18.0 Å². The molecule has 2 saturated heterocycles. The van der Waals surface area contributed by atoms with Crippen molar-refractivity contribution >= 4 is 17.4 Å². The highest BCUT2D eigenvalue weighted by atomic mass is 35.5. The molecule has 2 fully saturated rings. The Kier molecular flexibility index (Phi) is 3.63. The van der Waals surface area contributed by atoms with Crippen LogP contribution >= 0.6 is 11.6 Å². The van der Waals surface area contributed by atoms with Crippen molar-refractivity contribution in [3.8, 4) is 0 Å². The third-order valence-electron chi connectivity index (χ3n) is 4.58. The predicted molar refractivity (Wildman–Crippen MR) is 77.9 cm³/mol. The first-order valence-electron chi connectivity index (χ1n) is 7.15. The lowest BCUT2D eigenvalue weighted by Crippen LogP contribution is -2.55. The number of rotatable bonds is 1. The van der Waals surface area contributed by atoms with E-state index in [2.05, 4.69) is 26.9 Å². The van der Waals surface area contributed by atoms with Gasteiger partial charge in [0, 0.05) is 25.7 Å². The van der Waals surface area contributed by atoms with E-state index < -0.39 is 0 Å². The summed E-state index contributed by atoms with van der Waals surface area (Å²) in [6, 6.07) is 0.694. The van der Waals surface area contributed by atoms with Crippen molar-refractivity contribution in [2.75, 3.05) is 31.1 Å². The summed E-state index contributed by atoms with van der Waals surface area (Å²) in [7, 11) is 0. The van der Waals surface area contributed by atoms with E-state index >= 15 is 0 Å². The van der Waals surface area contributed by atoms with Gasteiger partial charge in [0.1, 0.15) is 0 Å². The number of piperazine rings is 1. The van der Waals surface area contributed by atoms with Crippen molar-refractivity contribution < 1.29 is 0 Å². The van der Waals surface area contributed by atoms with Crippen molar-refractivity contribution in [3.63, 3.8) is 0 Å². The number of hydrogen-bond acceptors (Lipinski definition) is 4. The highest BCUT2D eigenvalue weighted by molar-refractivity contribution is 6.30. The van der Waals surface area contributed by atoms with Crippen LogP contribution in [0.2, 0.25) is 5.15 Å². The van der Waals surface area contributed by atoms with Crippen molar-refractivity contribution in [1.29, 1.82) is 0 Å². The van der Waals surface area contributed by atoms with E-state index in [4.69, 9.17) is 11.6 Å². The molecule has 19 heavy (non-hydrogen) atoms. The average molecular weight is 281 g/mol. The smallest absolute Gasteiger partial charge is 0.155 e. The molecule has 2 aliphatic rings. The van der Waals surface area contributed by atoms with Crippen LogP contribution in [0.4, 0.5) is 5.82 Å². The second-order valence-electron chi connectivity index (χ2n) is 5.70. The largest absolute Gasteiger partial charge is 0.352 e. The molecule has 0 radical (unpaired) electrons. The number of aromatic nitrogens is 2. The van der Waals surface area contributed by atoms with E-state index in [0.717, 1.165) is 31.0 Å². The average Bonchev–Trinajstić information content (AvgIpc) is 2.44. The predicted octanol–water partition coefficient (Wildman–Crippen LogP) is 2.42. The molecule has 104 valence electrons. The minimum Gasteiger partial charge on any atom is -0.352 e. The highest BCUT2D eigenvalue weighted by Gasteiger charge is 2.30. The first kappa shape index (κ1) is 13.1. The molecule has 0 amide bonds. The minimum atomic E-state index is 0.526. The highest BCUT2D eigenvalue weighted by Crippen LogP contribution is 2.28. The quantitative estimate of drug-likeness (QED) is 0.791. The molecule has 3 heterocycles. The number of hydrogen-bond donors (Lipinski definition) is 0. The van der Waals surface area contributed by atoms with Gasteiger partial charge in [-0.05, 0) is 44.4 Å². The topological polar surface area (TPSA) is 32.3 Å². The van der Waals surface area contributed by atoms with Crippen molar-refractivity contribution in [2.45, 2.75) is 39.2 Å². The maximum absolute atomic E-state index is 6.04. The summed E-state index contributed by atoms with van der Waals surface area (Å²) < 4.78 is 0. The molecule has 0 saturated carbocycles. The maximum atomic E-state index is 6.04. The van der Waals surface area contributed by atoms with Gasteiger partial charge in [0.05, 0.1) is 0 Å². The molecule has 0 aliphatic carbocycles. The summed E-state index contributed by atoms with van der Waals surface area (Å²) >= 11 is 6.04. The van der Waals surface area contributed by atoms with E-state index in [1.165, 1.54) is 31.4 Å². The van der Waals surface area contributed by atoms with Crippen molar-refractivity contribution in [3.05, 3.63) is 16.3 Å². The molecule has 3 rings (SSSR count). The van der Waals surface area contributed by atoms with E-state index in [9.17, 15) is 0 Å². The Labute approximate surface area is 119 Å². The summed E-state index contributed by atoms with van der Waals surface area (Å²) in [5.74, 6) is 1.02. The van der Waals surface area contributed by atoms with Crippen LogP contribution < -0.4 is 4.90 Å². The van der Waals surface area contributed by atoms with Gasteiger partial charge < -0.3 is 4.90 Å². The molecule has 0 aromatic carbocycles. The van der Waals surface area contributed by atoms with E-state index in [-0.39, 0.29) is 0 Å². The lowest BCUT2D eigenvalue weighted by atomic mass is 9.99. The second-order valence-corrected chi connectivity index (χ2v) is 6.05. The molecule has 1 unspecified atom stereocenters. The lowest BCUT2D eigenvalue weighted by Gasteiger charge is -2.44. The van der Waals surface area contributed by atoms with Gasteiger partial charge in [-0.25, -0.2) is 0 Å². The first-order valence-corrected chi connectivity index (χ1v) is 7.53. The Morgan fingerprint density at radius 3 is 2.74 bits per heavy atom. The molecule has 4 nitrogen and oxygen atoms in total. The van der Waals surface area contributed by atoms with Crippen LogP contribution in [0.25, 0.3) is 0 Å². The Bertz CT molecular complexity index is 477. The van der Waals surface area contributed by atoms with Crippen LogP contribution in [0.1, 0.15) is 30.4 Å². The third kappa shape index (κ3) is 2.43. The van der Waals surface area contributed by atoms with Gasteiger partial charge in [0.2, 0.25) is 0 Å². The van der Waals surface area contributed by atoms with Gasteiger partial charge in [0.15, 0.2) is 11.0 Å². The molecule has 1 aromatic heterocycles. The standard InChI is InChI=1S/C14H21ClN4/c1-10-11(2)14(17-16-13(10)15)19-8-7-18-6-4-3-5-12(18)9-19/h12H,3-9H2,1-2H3. The third-order valence-corrected chi connectivity index (χ3v) is 4.94. The zero-order valence-electron chi connectivity index (χ0n) is 11.7. The number of halogens is 1. The number of fused-ring (bicyclic) bond motifs is 1. The van der Waals surface area contributed by atoms with E-state index in [1.807, 2.05) is 6.92 Å². The normalized spacial score (nSPS) is 24.4. The Hall–Kier alpha value is -0.870. The molecule has 0 N–H and O–H groups in total. The van der Waals surface area contributed by atoms with Gasteiger partial charge in [-0.3, -0.25) is 4.90 Å². The van der Waals surface area contributed by atoms with Gasteiger partial charge in [-0.15, -0.1) is 10.2 Å². The zero-order chi connectivity index (χ0) is 13.4. The molecular formula is C14H21ClN4. The van der Waals surface area contributed by atoms with Gasteiger partial charge >= 0.3 is 0 Å². The minimum absolute atomic E-state index is 0.526. The van der Waals surface area contributed by atoms with Crippen LogP contribution in [0.5, 0.6) is 0 Å². The molecule has 1 aromatic rings. The molecule has 0 spiro atoms. The summed E-state index contributed by atoms with van der Waals surface area (Å²) in [5, 5.41) is 8.93. The Morgan fingerprint density at radius 2 is 1.89 bits per heavy atom. The zero-order valence-corrected chi connectivity index (χ0v) is 12.4. The molecule has 2 aliphatic heterocycles. The summed E-state index contributed by atoms with van der Waals surface area (Å²) in [5.41, 5.74) is 2.22. The summed E-state index contributed by atoms with van der Waals surface area (Å²) in [6.07, 6.45) is 4.03.